The molecule has 10 heteroatoms. The zero-order valence-corrected chi connectivity index (χ0v) is 25.3. The predicted molar refractivity (Wildman–Crippen MR) is 160 cm³/mol. The van der Waals surface area contributed by atoms with Gasteiger partial charge in [-0.05, 0) is 54.8 Å². The molecular formula is C32H40N2O7S. The molecule has 1 heterocycles. The average Bonchev–Trinajstić information content (AvgIpc) is 3.50. The van der Waals surface area contributed by atoms with Gasteiger partial charge in [0, 0.05) is 19.5 Å². The summed E-state index contributed by atoms with van der Waals surface area (Å²) in [5.41, 5.74) is -0.421. The van der Waals surface area contributed by atoms with Gasteiger partial charge in [-0.25, -0.2) is 8.42 Å². The van der Waals surface area contributed by atoms with Gasteiger partial charge in [0.2, 0.25) is 10.0 Å². The molecule has 3 aromatic carbocycles. The maximum absolute atomic E-state index is 13.8. The third-order valence-corrected chi connectivity index (χ3v) is 9.21. The number of para-hydroxylation sites is 1. The number of methoxy groups -OCH3 is 1. The Morgan fingerprint density at radius 2 is 1.71 bits per heavy atom. The number of sulfonamides is 1. The van der Waals surface area contributed by atoms with Gasteiger partial charge in [-0.2, -0.15) is 4.31 Å². The van der Waals surface area contributed by atoms with Crippen LogP contribution in [0.15, 0.2) is 83.8 Å². The summed E-state index contributed by atoms with van der Waals surface area (Å²) in [6.07, 6.45) is -0.741. The highest BCUT2D eigenvalue weighted by atomic mass is 32.2. The van der Waals surface area contributed by atoms with Crippen LogP contribution < -0.4 is 14.8 Å². The smallest absolute Gasteiger partial charge is 0.255 e. The van der Waals surface area contributed by atoms with Crippen molar-refractivity contribution in [3.05, 3.63) is 90.0 Å². The standard InChI is InChI=1S/C32H40N2O7S/c1-23(2)20-34(42(37,38)27-16-14-25(39-4)15-17-27)21-30(35)32(3,24-10-6-5-7-11-24)33-31(36)28-12-8-9-13-29(28)41-26-18-19-40-22-26/h5-17,23,26,30,35H,18-22H2,1-4H3,(H,33,36)/t26-,30+,32-/m0/s1. The van der Waals surface area contributed by atoms with Crippen LogP contribution in [0.5, 0.6) is 11.5 Å². The molecule has 3 aromatic rings. The number of amides is 1. The Labute approximate surface area is 248 Å². The third kappa shape index (κ3) is 7.30. The zero-order chi connectivity index (χ0) is 30.3. The van der Waals surface area contributed by atoms with E-state index in [1.165, 1.54) is 23.5 Å². The number of rotatable bonds is 13. The van der Waals surface area contributed by atoms with Gasteiger partial charge >= 0.3 is 0 Å². The molecule has 3 atom stereocenters. The number of carbonyl (C=O) groups excluding carboxylic acids is 1. The van der Waals surface area contributed by atoms with E-state index in [0.717, 1.165) is 6.42 Å². The Bertz CT molecular complexity index is 1420. The fourth-order valence-electron chi connectivity index (χ4n) is 4.93. The highest BCUT2D eigenvalue weighted by Crippen LogP contribution is 2.30. The molecule has 1 aliphatic rings. The number of aliphatic hydroxyl groups is 1. The molecule has 0 aliphatic carbocycles. The maximum atomic E-state index is 13.8. The first-order valence-corrected chi connectivity index (χ1v) is 15.5. The van der Waals surface area contributed by atoms with Crippen molar-refractivity contribution in [2.75, 3.05) is 33.4 Å². The second-order valence-corrected chi connectivity index (χ2v) is 13.0. The van der Waals surface area contributed by atoms with Crippen molar-refractivity contribution in [3.8, 4) is 11.5 Å². The van der Waals surface area contributed by atoms with Crippen LogP contribution >= 0.6 is 0 Å². The van der Waals surface area contributed by atoms with Crippen molar-refractivity contribution in [1.29, 1.82) is 0 Å². The summed E-state index contributed by atoms with van der Waals surface area (Å²) in [7, 11) is -2.47. The third-order valence-electron chi connectivity index (χ3n) is 7.37. The molecule has 1 amide bonds. The van der Waals surface area contributed by atoms with Crippen LogP contribution in [0.1, 0.15) is 43.1 Å². The molecule has 9 nitrogen and oxygen atoms in total. The number of carbonyl (C=O) groups is 1. The minimum absolute atomic E-state index is 0.0219. The van der Waals surface area contributed by atoms with Gasteiger partial charge < -0.3 is 24.6 Å². The van der Waals surface area contributed by atoms with Crippen LogP contribution in [-0.4, -0.2) is 69.4 Å². The fourth-order valence-corrected chi connectivity index (χ4v) is 6.54. The van der Waals surface area contributed by atoms with Gasteiger partial charge in [0.15, 0.2) is 0 Å². The van der Waals surface area contributed by atoms with Gasteiger partial charge in [-0.15, -0.1) is 0 Å². The number of nitrogens with one attached hydrogen (secondary N) is 1. The summed E-state index contributed by atoms with van der Waals surface area (Å²) in [6.45, 7) is 6.49. The van der Waals surface area contributed by atoms with Crippen molar-refractivity contribution in [2.24, 2.45) is 5.92 Å². The summed E-state index contributed by atoms with van der Waals surface area (Å²) >= 11 is 0. The summed E-state index contributed by atoms with van der Waals surface area (Å²) in [4.78, 5) is 13.9. The van der Waals surface area contributed by atoms with E-state index in [4.69, 9.17) is 14.2 Å². The van der Waals surface area contributed by atoms with Crippen molar-refractivity contribution < 1.29 is 32.5 Å². The molecule has 1 saturated heterocycles. The minimum atomic E-state index is -3.99. The lowest BCUT2D eigenvalue weighted by Gasteiger charge is -2.38. The lowest BCUT2D eigenvalue weighted by Crippen LogP contribution is -2.56. The highest BCUT2D eigenvalue weighted by Gasteiger charge is 2.40. The summed E-state index contributed by atoms with van der Waals surface area (Å²) in [6, 6.07) is 22.1. The molecule has 0 unspecified atom stereocenters. The first kappa shape index (κ1) is 31.5. The first-order chi connectivity index (χ1) is 20.0. The van der Waals surface area contributed by atoms with Gasteiger partial charge in [0.05, 0.1) is 42.4 Å². The number of benzene rings is 3. The molecule has 0 aromatic heterocycles. The molecule has 4 rings (SSSR count). The SMILES string of the molecule is COc1ccc(S(=O)(=O)N(CC(C)C)C[C@@H](O)[C@@](C)(NC(=O)c2ccccc2O[C@H]2CCOC2)c2ccccc2)cc1. The molecule has 0 saturated carbocycles. The Morgan fingerprint density at radius 3 is 2.33 bits per heavy atom. The van der Waals surface area contributed by atoms with Gasteiger partial charge in [-0.3, -0.25) is 4.79 Å². The van der Waals surface area contributed by atoms with Crippen molar-refractivity contribution in [3.63, 3.8) is 0 Å². The van der Waals surface area contributed by atoms with Crippen LogP contribution in [0, 0.1) is 5.92 Å². The summed E-state index contributed by atoms with van der Waals surface area (Å²) in [5, 5.41) is 14.8. The Balaban J connectivity index is 1.65. The Hall–Kier alpha value is -3.44. The number of ether oxygens (including phenoxy) is 3. The minimum Gasteiger partial charge on any atom is -0.497 e. The predicted octanol–water partition coefficient (Wildman–Crippen LogP) is 4.22. The molecule has 1 fully saturated rings. The molecule has 0 radical (unpaired) electrons. The van der Waals surface area contributed by atoms with E-state index in [0.29, 0.717) is 35.8 Å². The number of aliphatic hydroxyl groups excluding tert-OH is 1. The lowest BCUT2D eigenvalue weighted by molar-refractivity contribution is 0.0437. The van der Waals surface area contributed by atoms with E-state index in [2.05, 4.69) is 5.32 Å². The second-order valence-electron chi connectivity index (χ2n) is 11.0. The molecule has 226 valence electrons. The molecular weight excluding hydrogens is 556 g/mol. The van der Waals surface area contributed by atoms with Crippen molar-refractivity contribution >= 4 is 15.9 Å². The van der Waals surface area contributed by atoms with Gasteiger partial charge in [0.1, 0.15) is 17.6 Å². The van der Waals surface area contributed by atoms with Gasteiger partial charge in [-0.1, -0.05) is 56.3 Å². The second kappa shape index (κ2) is 13.7. The zero-order valence-electron chi connectivity index (χ0n) is 24.5. The van der Waals surface area contributed by atoms with Crippen LogP contribution in [0.4, 0.5) is 0 Å². The Morgan fingerprint density at radius 1 is 1.05 bits per heavy atom. The lowest BCUT2D eigenvalue weighted by atomic mass is 9.85. The number of hydrogen-bond donors (Lipinski definition) is 2. The molecule has 42 heavy (non-hydrogen) atoms. The first-order valence-electron chi connectivity index (χ1n) is 14.1. The highest BCUT2D eigenvalue weighted by molar-refractivity contribution is 7.89. The van der Waals surface area contributed by atoms with E-state index >= 15 is 0 Å². The summed E-state index contributed by atoms with van der Waals surface area (Å²) < 4.78 is 45.5. The molecule has 2 N–H and O–H groups in total. The van der Waals surface area contributed by atoms with E-state index < -0.39 is 27.6 Å². The fraction of sp³-hybridized carbons (Fsp3) is 0.406. The van der Waals surface area contributed by atoms with Crippen molar-refractivity contribution in [2.45, 2.75) is 49.8 Å². The van der Waals surface area contributed by atoms with E-state index in [9.17, 15) is 18.3 Å². The van der Waals surface area contributed by atoms with E-state index in [-0.39, 0.29) is 30.0 Å². The van der Waals surface area contributed by atoms with Crippen LogP contribution in [0.25, 0.3) is 0 Å². The normalized spacial score (nSPS) is 17.5. The largest absolute Gasteiger partial charge is 0.497 e. The monoisotopic (exact) mass is 596 g/mol. The van der Waals surface area contributed by atoms with Crippen molar-refractivity contribution in [1.82, 2.24) is 9.62 Å². The number of hydrogen-bond acceptors (Lipinski definition) is 7. The van der Waals surface area contributed by atoms with Crippen LogP contribution in [0.3, 0.4) is 0 Å². The van der Waals surface area contributed by atoms with E-state index in [1.54, 1.807) is 55.5 Å². The molecule has 0 spiro atoms. The quantitative estimate of drug-likeness (QED) is 0.304. The summed E-state index contributed by atoms with van der Waals surface area (Å²) in [5.74, 6) is 0.474. The molecule has 0 bridgehead atoms. The van der Waals surface area contributed by atoms with Gasteiger partial charge in [0.25, 0.3) is 5.91 Å². The Kier molecular flexibility index (Phi) is 10.3. The molecule has 1 aliphatic heterocycles. The average molecular weight is 597 g/mol. The topological polar surface area (TPSA) is 114 Å². The van der Waals surface area contributed by atoms with E-state index in [1.807, 2.05) is 32.0 Å². The maximum Gasteiger partial charge on any atom is 0.255 e. The van der Waals surface area contributed by atoms with Crippen LogP contribution in [0.2, 0.25) is 0 Å². The number of nitrogens with zero attached hydrogens (tertiary/aromatic N) is 1. The van der Waals surface area contributed by atoms with Crippen LogP contribution in [-0.2, 0) is 20.3 Å².